The van der Waals surface area contributed by atoms with Crippen molar-refractivity contribution in [2.75, 3.05) is 12.3 Å². The summed E-state index contributed by atoms with van der Waals surface area (Å²) in [5, 5.41) is 12.6. The molecule has 1 heterocycles. The van der Waals surface area contributed by atoms with Crippen LogP contribution in [0.3, 0.4) is 0 Å². The molecule has 0 spiro atoms. The Morgan fingerprint density at radius 3 is 2.79 bits per heavy atom. The minimum absolute atomic E-state index is 0.0516. The van der Waals surface area contributed by atoms with Crippen molar-refractivity contribution in [2.45, 2.75) is 32.6 Å². The number of pyridine rings is 1. The molecule has 106 valence electrons. The standard InChI is InChI=1S/C14H22N2O2S/c1-14(2,3)12(17)8-16-13(18)10-19-9-11-6-4-5-7-15-11/h4-7,12,17H,8-10H2,1-3H3,(H,16,18). The third-order valence-corrected chi connectivity index (χ3v) is 3.67. The smallest absolute Gasteiger partial charge is 0.230 e. The first-order valence-electron chi connectivity index (χ1n) is 6.32. The lowest BCUT2D eigenvalue weighted by molar-refractivity contribution is -0.119. The maximum atomic E-state index is 11.6. The van der Waals surface area contributed by atoms with Crippen LogP contribution in [0.5, 0.6) is 0 Å². The summed E-state index contributed by atoms with van der Waals surface area (Å²) < 4.78 is 0. The van der Waals surface area contributed by atoms with Crippen molar-refractivity contribution in [2.24, 2.45) is 5.41 Å². The summed E-state index contributed by atoms with van der Waals surface area (Å²) in [5.41, 5.74) is 0.754. The van der Waals surface area contributed by atoms with Gasteiger partial charge in [0.1, 0.15) is 0 Å². The Bertz CT molecular complexity index is 390. The number of hydrogen-bond acceptors (Lipinski definition) is 4. The molecule has 2 N–H and O–H groups in total. The Kier molecular flexibility index (Phi) is 6.31. The average molecular weight is 282 g/mol. The SMILES string of the molecule is CC(C)(C)C(O)CNC(=O)CSCc1ccccn1. The lowest BCUT2D eigenvalue weighted by Gasteiger charge is -2.25. The number of thioether (sulfide) groups is 1. The van der Waals surface area contributed by atoms with Crippen LogP contribution in [-0.4, -0.2) is 34.4 Å². The Balaban J connectivity index is 2.18. The first-order chi connectivity index (χ1) is 8.89. The van der Waals surface area contributed by atoms with Gasteiger partial charge in [0.25, 0.3) is 0 Å². The van der Waals surface area contributed by atoms with Crippen molar-refractivity contribution in [3.63, 3.8) is 0 Å². The summed E-state index contributed by atoms with van der Waals surface area (Å²) >= 11 is 1.52. The van der Waals surface area contributed by atoms with E-state index in [-0.39, 0.29) is 11.3 Å². The molecule has 4 nitrogen and oxygen atoms in total. The van der Waals surface area contributed by atoms with Gasteiger partial charge in [0.05, 0.1) is 17.6 Å². The highest BCUT2D eigenvalue weighted by atomic mass is 32.2. The minimum Gasteiger partial charge on any atom is -0.391 e. The number of hydrogen-bond donors (Lipinski definition) is 2. The van der Waals surface area contributed by atoms with E-state index in [1.165, 1.54) is 11.8 Å². The van der Waals surface area contributed by atoms with Crippen LogP contribution in [0.1, 0.15) is 26.5 Å². The summed E-state index contributed by atoms with van der Waals surface area (Å²) in [4.78, 5) is 15.8. The number of aromatic nitrogens is 1. The molecule has 19 heavy (non-hydrogen) atoms. The summed E-state index contributed by atoms with van der Waals surface area (Å²) in [6, 6.07) is 5.74. The lowest BCUT2D eigenvalue weighted by atomic mass is 9.89. The molecule has 0 fully saturated rings. The highest BCUT2D eigenvalue weighted by molar-refractivity contribution is 7.99. The predicted molar refractivity (Wildman–Crippen MR) is 78.9 cm³/mol. The van der Waals surface area contributed by atoms with E-state index < -0.39 is 6.10 Å². The van der Waals surface area contributed by atoms with Crippen molar-refractivity contribution < 1.29 is 9.90 Å². The molecule has 0 bridgehead atoms. The van der Waals surface area contributed by atoms with Gasteiger partial charge in [0.15, 0.2) is 0 Å². The van der Waals surface area contributed by atoms with Gasteiger partial charge in [-0.15, -0.1) is 11.8 Å². The zero-order valence-electron chi connectivity index (χ0n) is 11.7. The largest absolute Gasteiger partial charge is 0.391 e. The monoisotopic (exact) mass is 282 g/mol. The fourth-order valence-electron chi connectivity index (χ4n) is 1.30. The summed E-state index contributed by atoms with van der Waals surface area (Å²) in [6.07, 6.45) is 1.22. The molecule has 1 atom stereocenters. The van der Waals surface area contributed by atoms with Gasteiger partial charge in [-0.25, -0.2) is 0 Å². The van der Waals surface area contributed by atoms with Gasteiger partial charge < -0.3 is 10.4 Å². The first kappa shape index (κ1) is 16.0. The van der Waals surface area contributed by atoms with E-state index in [0.29, 0.717) is 12.3 Å². The van der Waals surface area contributed by atoms with Crippen LogP contribution in [0, 0.1) is 5.41 Å². The maximum absolute atomic E-state index is 11.6. The van der Waals surface area contributed by atoms with Crippen LogP contribution >= 0.6 is 11.8 Å². The summed E-state index contributed by atoms with van der Waals surface area (Å²) in [6.45, 7) is 6.13. The molecule has 0 aliphatic rings. The second-order valence-electron chi connectivity index (χ2n) is 5.50. The molecule has 1 aromatic heterocycles. The molecule has 0 aliphatic heterocycles. The normalized spacial score (nSPS) is 13.1. The molecule has 1 aromatic rings. The second kappa shape index (κ2) is 7.50. The molecular formula is C14H22N2O2S. The lowest BCUT2D eigenvalue weighted by Crippen LogP contribution is -2.39. The van der Waals surface area contributed by atoms with Gasteiger partial charge in [-0.1, -0.05) is 26.8 Å². The third kappa shape index (κ3) is 6.59. The third-order valence-electron chi connectivity index (χ3n) is 2.70. The minimum atomic E-state index is -0.530. The van der Waals surface area contributed by atoms with Gasteiger partial charge in [-0.2, -0.15) is 0 Å². The fraction of sp³-hybridized carbons (Fsp3) is 0.571. The Morgan fingerprint density at radius 1 is 1.47 bits per heavy atom. The first-order valence-corrected chi connectivity index (χ1v) is 7.47. The zero-order valence-corrected chi connectivity index (χ0v) is 12.5. The number of amides is 1. The van der Waals surface area contributed by atoms with E-state index in [0.717, 1.165) is 11.4 Å². The number of nitrogens with zero attached hydrogens (tertiary/aromatic N) is 1. The van der Waals surface area contributed by atoms with Gasteiger partial charge in [-0.05, 0) is 17.5 Å². The van der Waals surface area contributed by atoms with Crippen molar-refractivity contribution in [1.29, 1.82) is 0 Å². The van der Waals surface area contributed by atoms with E-state index >= 15 is 0 Å². The molecule has 0 radical (unpaired) electrons. The zero-order chi connectivity index (χ0) is 14.3. The molecule has 0 aliphatic carbocycles. The average Bonchev–Trinajstić information content (AvgIpc) is 2.36. The predicted octanol–water partition coefficient (Wildman–Crippen LogP) is 1.84. The molecule has 0 saturated heterocycles. The van der Waals surface area contributed by atoms with E-state index in [9.17, 15) is 9.90 Å². The molecule has 1 rings (SSSR count). The quantitative estimate of drug-likeness (QED) is 0.836. The van der Waals surface area contributed by atoms with Crippen LogP contribution in [0.15, 0.2) is 24.4 Å². The van der Waals surface area contributed by atoms with Crippen LogP contribution in [0.4, 0.5) is 0 Å². The number of rotatable bonds is 6. The number of carbonyl (C=O) groups is 1. The van der Waals surface area contributed by atoms with Gasteiger partial charge in [0, 0.05) is 18.5 Å². The Labute approximate surface area is 119 Å². The number of aliphatic hydroxyl groups excluding tert-OH is 1. The van der Waals surface area contributed by atoms with Gasteiger partial charge in [-0.3, -0.25) is 9.78 Å². The van der Waals surface area contributed by atoms with Crippen molar-refractivity contribution in [1.82, 2.24) is 10.3 Å². The van der Waals surface area contributed by atoms with Crippen molar-refractivity contribution in [3.8, 4) is 0 Å². The molecule has 0 saturated carbocycles. The van der Waals surface area contributed by atoms with E-state index in [2.05, 4.69) is 10.3 Å². The molecule has 5 heteroatoms. The number of carbonyl (C=O) groups excluding carboxylic acids is 1. The van der Waals surface area contributed by atoms with Crippen molar-refractivity contribution in [3.05, 3.63) is 30.1 Å². The molecule has 1 amide bonds. The summed E-state index contributed by atoms with van der Waals surface area (Å²) in [7, 11) is 0. The Morgan fingerprint density at radius 2 is 2.21 bits per heavy atom. The highest BCUT2D eigenvalue weighted by Crippen LogP contribution is 2.18. The van der Waals surface area contributed by atoms with Gasteiger partial charge in [0.2, 0.25) is 5.91 Å². The van der Waals surface area contributed by atoms with Crippen molar-refractivity contribution >= 4 is 17.7 Å². The van der Waals surface area contributed by atoms with Gasteiger partial charge >= 0.3 is 0 Å². The highest BCUT2D eigenvalue weighted by Gasteiger charge is 2.22. The number of aliphatic hydroxyl groups is 1. The topological polar surface area (TPSA) is 62.2 Å². The molecular weight excluding hydrogens is 260 g/mol. The number of nitrogens with one attached hydrogen (secondary N) is 1. The maximum Gasteiger partial charge on any atom is 0.230 e. The van der Waals surface area contributed by atoms with Crippen LogP contribution in [0.2, 0.25) is 0 Å². The second-order valence-corrected chi connectivity index (χ2v) is 6.49. The van der Waals surface area contributed by atoms with E-state index in [1.54, 1.807) is 6.20 Å². The Hall–Kier alpha value is -1.07. The molecule has 0 aromatic carbocycles. The molecule has 1 unspecified atom stereocenters. The van der Waals surface area contributed by atoms with Crippen LogP contribution < -0.4 is 5.32 Å². The van der Waals surface area contributed by atoms with Crippen LogP contribution in [0.25, 0.3) is 0 Å². The van der Waals surface area contributed by atoms with Crippen LogP contribution in [-0.2, 0) is 10.5 Å². The fourth-order valence-corrected chi connectivity index (χ4v) is 2.07. The summed E-state index contributed by atoms with van der Waals surface area (Å²) in [5.74, 6) is 1.05. The van der Waals surface area contributed by atoms with E-state index in [4.69, 9.17) is 0 Å². The van der Waals surface area contributed by atoms with E-state index in [1.807, 2.05) is 39.0 Å².